The molecule has 1 radical (unpaired) electrons. The summed E-state index contributed by atoms with van der Waals surface area (Å²) in [5.41, 5.74) is 0. The van der Waals surface area contributed by atoms with Crippen molar-refractivity contribution in [2.24, 2.45) is 5.92 Å². The smallest absolute Gasteiger partial charge is 0.0414 e. The maximum absolute atomic E-state index is 3.93. The van der Waals surface area contributed by atoms with Crippen molar-refractivity contribution in [1.82, 2.24) is 0 Å². The third-order valence-corrected chi connectivity index (χ3v) is 4.54. The molecule has 0 aromatic rings. The molecule has 0 aliphatic heterocycles. The van der Waals surface area contributed by atoms with Gasteiger partial charge in [0.05, 0.1) is 0 Å². The Hall–Kier alpha value is 0. The second-order valence-electron chi connectivity index (χ2n) is 6.62. The average Bonchev–Trinajstić information content (AvgIpc) is 2.46. The van der Waals surface area contributed by atoms with Crippen LogP contribution < -0.4 is 0 Å². The quantitative estimate of drug-likeness (QED) is 0.254. The lowest BCUT2D eigenvalue weighted by Crippen LogP contribution is -2.01. The van der Waals surface area contributed by atoms with E-state index in [0.29, 0.717) is 0 Å². The van der Waals surface area contributed by atoms with Gasteiger partial charge < -0.3 is 0 Å². The van der Waals surface area contributed by atoms with Gasteiger partial charge in [-0.1, -0.05) is 124 Å². The Morgan fingerprint density at radius 2 is 0.950 bits per heavy atom. The van der Waals surface area contributed by atoms with Crippen molar-refractivity contribution in [2.75, 3.05) is 0 Å². The maximum Gasteiger partial charge on any atom is -0.0414 e. The molecule has 0 rings (SSSR count). The molecule has 0 bridgehead atoms. The number of hydrogen-bond donors (Lipinski definition) is 0. The first-order chi connectivity index (χ1) is 9.85. The van der Waals surface area contributed by atoms with E-state index in [4.69, 9.17) is 0 Å². The van der Waals surface area contributed by atoms with Crippen molar-refractivity contribution < 1.29 is 0 Å². The lowest BCUT2D eigenvalue weighted by Gasteiger charge is -2.16. The van der Waals surface area contributed by atoms with Crippen molar-refractivity contribution in [3.8, 4) is 0 Å². The summed E-state index contributed by atoms with van der Waals surface area (Å²) in [7, 11) is 0. The molecular formula is C20H41. The van der Waals surface area contributed by atoms with Crippen LogP contribution in [-0.4, -0.2) is 0 Å². The molecule has 0 N–H and O–H groups in total. The van der Waals surface area contributed by atoms with E-state index in [-0.39, 0.29) is 0 Å². The largest absolute Gasteiger partial charge is 0.0654 e. The first-order valence-electron chi connectivity index (χ1n) is 9.64. The highest BCUT2D eigenvalue weighted by molar-refractivity contribution is 4.61. The first-order valence-corrected chi connectivity index (χ1v) is 9.64. The Balaban J connectivity index is 3.64. The zero-order valence-electron chi connectivity index (χ0n) is 14.6. The average molecular weight is 282 g/mol. The molecule has 0 aliphatic rings. The van der Waals surface area contributed by atoms with Gasteiger partial charge in [-0.15, -0.1) is 0 Å². The highest BCUT2D eigenvalue weighted by Crippen LogP contribution is 2.24. The van der Waals surface area contributed by atoms with Crippen LogP contribution in [0.25, 0.3) is 0 Å². The van der Waals surface area contributed by atoms with Crippen LogP contribution in [0.4, 0.5) is 0 Å². The van der Waals surface area contributed by atoms with Gasteiger partial charge in [0.25, 0.3) is 0 Å². The molecule has 121 valence electrons. The van der Waals surface area contributed by atoms with E-state index in [1.165, 1.54) is 96.3 Å². The molecule has 0 spiro atoms. The van der Waals surface area contributed by atoms with Crippen molar-refractivity contribution >= 4 is 0 Å². The Bertz CT molecular complexity index is 147. The molecular weight excluding hydrogens is 240 g/mol. The summed E-state index contributed by atoms with van der Waals surface area (Å²) in [4.78, 5) is 0. The summed E-state index contributed by atoms with van der Waals surface area (Å²) in [6.45, 7) is 8.56. The molecule has 0 heteroatoms. The van der Waals surface area contributed by atoms with E-state index < -0.39 is 0 Å². The van der Waals surface area contributed by atoms with Crippen LogP contribution in [0.2, 0.25) is 0 Å². The summed E-state index contributed by atoms with van der Waals surface area (Å²) in [6, 6.07) is 0. The molecule has 0 aliphatic carbocycles. The van der Waals surface area contributed by atoms with Gasteiger partial charge in [-0.2, -0.15) is 0 Å². The number of rotatable bonds is 16. The molecule has 1 atom stereocenters. The van der Waals surface area contributed by atoms with Gasteiger partial charge in [-0.3, -0.25) is 0 Å². The van der Waals surface area contributed by atoms with Gasteiger partial charge in [0, 0.05) is 0 Å². The monoisotopic (exact) mass is 281 g/mol. The minimum Gasteiger partial charge on any atom is -0.0654 e. The molecule has 0 nitrogen and oxygen atoms in total. The number of hydrogen-bond acceptors (Lipinski definition) is 0. The van der Waals surface area contributed by atoms with Crippen LogP contribution >= 0.6 is 0 Å². The van der Waals surface area contributed by atoms with Crippen LogP contribution in [0.15, 0.2) is 0 Å². The summed E-state index contributed by atoms with van der Waals surface area (Å²) in [5, 5.41) is 0. The molecule has 0 heterocycles. The minimum atomic E-state index is 1.03. The van der Waals surface area contributed by atoms with Gasteiger partial charge in [-0.25, -0.2) is 0 Å². The zero-order valence-corrected chi connectivity index (χ0v) is 14.6. The van der Waals surface area contributed by atoms with Crippen LogP contribution in [-0.2, 0) is 0 Å². The summed E-state index contributed by atoms with van der Waals surface area (Å²) in [5.74, 6) is 1.03. The van der Waals surface area contributed by atoms with Crippen LogP contribution in [0.3, 0.4) is 0 Å². The van der Waals surface area contributed by atoms with Crippen LogP contribution in [0, 0.1) is 12.8 Å². The lowest BCUT2D eigenvalue weighted by molar-refractivity contribution is 0.369. The standard InChI is InChI=1S/C20H41/c1-4-7-10-12-15-18-20(17-14-9-6-3)19-16-13-11-8-5-2/h20H,1,4-19H2,2-3H3. The fourth-order valence-electron chi connectivity index (χ4n) is 3.12. The van der Waals surface area contributed by atoms with E-state index in [0.717, 1.165) is 12.3 Å². The molecule has 0 saturated heterocycles. The van der Waals surface area contributed by atoms with Gasteiger partial charge in [0.1, 0.15) is 0 Å². The van der Waals surface area contributed by atoms with Gasteiger partial charge >= 0.3 is 0 Å². The molecule has 20 heavy (non-hydrogen) atoms. The Kier molecular flexibility index (Phi) is 17.1. The third-order valence-electron chi connectivity index (χ3n) is 4.54. The highest BCUT2D eigenvalue weighted by Gasteiger charge is 2.08. The van der Waals surface area contributed by atoms with Crippen LogP contribution in [0.1, 0.15) is 117 Å². The normalized spacial score (nSPS) is 11.4. The second-order valence-corrected chi connectivity index (χ2v) is 6.62. The van der Waals surface area contributed by atoms with Gasteiger partial charge in [0.15, 0.2) is 0 Å². The van der Waals surface area contributed by atoms with Crippen molar-refractivity contribution in [3.05, 3.63) is 6.92 Å². The second kappa shape index (κ2) is 17.1. The molecule has 0 fully saturated rings. The van der Waals surface area contributed by atoms with Crippen LogP contribution in [0.5, 0.6) is 0 Å². The molecule has 0 amide bonds. The third kappa shape index (κ3) is 14.4. The summed E-state index contributed by atoms with van der Waals surface area (Å²) >= 11 is 0. The van der Waals surface area contributed by atoms with Crippen molar-refractivity contribution in [2.45, 2.75) is 117 Å². The lowest BCUT2D eigenvalue weighted by atomic mass is 9.90. The van der Waals surface area contributed by atoms with E-state index in [9.17, 15) is 0 Å². The summed E-state index contributed by atoms with van der Waals surface area (Å²) < 4.78 is 0. The van der Waals surface area contributed by atoms with Gasteiger partial charge in [0.2, 0.25) is 0 Å². The Labute approximate surface area is 130 Å². The first kappa shape index (κ1) is 20.0. The zero-order chi connectivity index (χ0) is 14.9. The Morgan fingerprint density at radius 1 is 0.550 bits per heavy atom. The predicted molar refractivity (Wildman–Crippen MR) is 94.1 cm³/mol. The van der Waals surface area contributed by atoms with Crippen molar-refractivity contribution in [1.29, 1.82) is 0 Å². The van der Waals surface area contributed by atoms with E-state index >= 15 is 0 Å². The minimum absolute atomic E-state index is 1.03. The molecule has 0 aromatic heterocycles. The fraction of sp³-hybridized carbons (Fsp3) is 0.950. The molecule has 0 aromatic carbocycles. The van der Waals surface area contributed by atoms with Gasteiger partial charge in [-0.05, 0) is 5.92 Å². The molecule has 1 unspecified atom stereocenters. The van der Waals surface area contributed by atoms with E-state index in [1.807, 2.05) is 0 Å². The topological polar surface area (TPSA) is 0 Å². The Morgan fingerprint density at radius 3 is 1.45 bits per heavy atom. The number of unbranched alkanes of at least 4 members (excludes halogenated alkanes) is 10. The van der Waals surface area contributed by atoms with E-state index in [2.05, 4.69) is 20.8 Å². The van der Waals surface area contributed by atoms with E-state index in [1.54, 1.807) is 0 Å². The molecule has 0 saturated carbocycles. The SMILES string of the molecule is [CH2]CCCCCCC(CCCCC)CCCCCCC. The van der Waals surface area contributed by atoms with Crippen molar-refractivity contribution in [3.63, 3.8) is 0 Å². The predicted octanol–water partition coefficient (Wildman–Crippen LogP) is 7.72. The highest BCUT2D eigenvalue weighted by atomic mass is 14.1. The maximum atomic E-state index is 3.93. The summed E-state index contributed by atoms with van der Waals surface area (Å²) in [6.07, 6.45) is 22.7. The fourth-order valence-corrected chi connectivity index (χ4v) is 3.12.